The summed E-state index contributed by atoms with van der Waals surface area (Å²) in [7, 11) is 0. The van der Waals surface area contributed by atoms with Crippen LogP contribution in [-0.4, -0.2) is 67.6 Å². The summed E-state index contributed by atoms with van der Waals surface area (Å²) in [6.07, 6.45) is 1.35. The number of hydrogen-bond acceptors (Lipinski definition) is 6. The van der Waals surface area contributed by atoms with Crippen LogP contribution in [0.5, 0.6) is 5.75 Å². The van der Waals surface area contributed by atoms with E-state index in [1.54, 1.807) is 25.1 Å². The highest BCUT2D eigenvalue weighted by molar-refractivity contribution is 5.96. The number of pyridine rings is 1. The number of nitrogens with one attached hydrogen (secondary N) is 2. The van der Waals surface area contributed by atoms with Crippen molar-refractivity contribution in [3.63, 3.8) is 0 Å². The van der Waals surface area contributed by atoms with Crippen molar-refractivity contribution >= 4 is 23.0 Å². The number of rotatable bonds is 3. The largest absolute Gasteiger partial charge is 0.506 e. The molecule has 28 heavy (non-hydrogen) atoms. The van der Waals surface area contributed by atoms with E-state index >= 15 is 0 Å². The Hall–Kier alpha value is -3.46. The first-order valence-corrected chi connectivity index (χ1v) is 8.84. The number of imidazole rings is 1. The second-order valence-electron chi connectivity index (χ2n) is 6.73. The molecule has 0 radical (unpaired) electrons. The summed E-state index contributed by atoms with van der Waals surface area (Å²) < 4.78 is 0. The fraction of sp³-hybridized carbons (Fsp3) is 0.263. The highest BCUT2D eigenvalue weighted by Crippen LogP contribution is 2.26. The Balaban J connectivity index is 1.64. The molecule has 0 saturated carbocycles. The fourth-order valence-corrected chi connectivity index (χ4v) is 3.28. The first kappa shape index (κ1) is 17.9. The van der Waals surface area contributed by atoms with Crippen LogP contribution in [0.4, 0.5) is 0 Å². The van der Waals surface area contributed by atoms with Crippen LogP contribution in [0.1, 0.15) is 15.9 Å². The number of benzene rings is 1. The standard InChI is InChI=1S/C19H19N5O4/c1-10-14(25)8-21-17-15(10)22-16(23-17)11-3-2-4-12(7-11)18(26)24-6-5-20-13(9-24)19(27)28/h2-4,7-8,13,20,25H,5-6,9H2,1H3,(H,27,28)(H,21,22,23). The average molecular weight is 381 g/mol. The summed E-state index contributed by atoms with van der Waals surface area (Å²) >= 11 is 0. The molecule has 0 spiro atoms. The van der Waals surface area contributed by atoms with Crippen molar-refractivity contribution in [2.75, 3.05) is 19.6 Å². The van der Waals surface area contributed by atoms with E-state index in [2.05, 4.69) is 20.3 Å². The monoisotopic (exact) mass is 381 g/mol. The number of carboxylic acids is 1. The molecule has 1 saturated heterocycles. The number of piperazine rings is 1. The number of hydrogen-bond donors (Lipinski definition) is 4. The van der Waals surface area contributed by atoms with Gasteiger partial charge in [-0.2, -0.15) is 0 Å². The normalized spacial score (nSPS) is 17.0. The Morgan fingerprint density at radius 1 is 1.32 bits per heavy atom. The minimum atomic E-state index is -0.973. The van der Waals surface area contributed by atoms with Crippen molar-refractivity contribution in [2.45, 2.75) is 13.0 Å². The number of H-pyrrole nitrogens is 1. The molecular weight excluding hydrogens is 362 g/mol. The zero-order valence-electron chi connectivity index (χ0n) is 15.1. The minimum Gasteiger partial charge on any atom is -0.506 e. The van der Waals surface area contributed by atoms with Gasteiger partial charge in [-0.25, -0.2) is 9.97 Å². The number of fused-ring (bicyclic) bond motifs is 1. The Bertz CT molecular complexity index is 1080. The molecule has 1 aromatic carbocycles. The Morgan fingerprint density at radius 3 is 2.93 bits per heavy atom. The van der Waals surface area contributed by atoms with Gasteiger partial charge in [-0.05, 0) is 19.1 Å². The first-order chi connectivity index (χ1) is 13.4. The van der Waals surface area contributed by atoms with Gasteiger partial charge in [-0.15, -0.1) is 0 Å². The Kier molecular flexibility index (Phi) is 4.44. The number of aromatic nitrogens is 3. The van der Waals surface area contributed by atoms with Crippen LogP contribution < -0.4 is 5.32 Å². The van der Waals surface area contributed by atoms with E-state index in [4.69, 9.17) is 0 Å². The fourth-order valence-electron chi connectivity index (χ4n) is 3.28. The van der Waals surface area contributed by atoms with Gasteiger partial charge < -0.3 is 25.4 Å². The number of aromatic amines is 1. The van der Waals surface area contributed by atoms with Crippen molar-refractivity contribution < 1.29 is 19.8 Å². The van der Waals surface area contributed by atoms with Crippen LogP contribution >= 0.6 is 0 Å². The molecule has 0 aliphatic carbocycles. The molecular formula is C19H19N5O4. The number of carbonyl (C=O) groups excluding carboxylic acids is 1. The molecule has 9 nitrogen and oxygen atoms in total. The van der Waals surface area contributed by atoms with E-state index in [1.165, 1.54) is 11.1 Å². The molecule has 3 heterocycles. The quantitative estimate of drug-likeness (QED) is 0.535. The predicted octanol–water partition coefficient (Wildman–Crippen LogP) is 1.14. The molecule has 9 heteroatoms. The molecule has 1 atom stereocenters. The van der Waals surface area contributed by atoms with Crippen molar-refractivity contribution in [3.8, 4) is 17.1 Å². The SMILES string of the molecule is Cc1c(O)cnc2nc(-c3cccc(C(=O)N4CCNC(C(=O)O)C4)c3)[nH]c12. The van der Waals surface area contributed by atoms with Gasteiger partial charge in [-0.3, -0.25) is 9.59 Å². The second kappa shape index (κ2) is 6.93. The maximum absolute atomic E-state index is 12.9. The maximum Gasteiger partial charge on any atom is 0.322 e. The summed E-state index contributed by atoms with van der Waals surface area (Å²) in [5, 5.41) is 21.9. The van der Waals surface area contributed by atoms with Crippen LogP contribution in [0.25, 0.3) is 22.6 Å². The van der Waals surface area contributed by atoms with Crippen LogP contribution in [0.15, 0.2) is 30.5 Å². The molecule has 1 amide bonds. The third-order valence-electron chi connectivity index (χ3n) is 4.90. The number of nitrogens with zero attached hydrogens (tertiary/aromatic N) is 3. The third-order valence-corrected chi connectivity index (χ3v) is 4.90. The number of aromatic hydroxyl groups is 1. The molecule has 1 aliphatic heterocycles. The van der Waals surface area contributed by atoms with Gasteiger partial charge in [0.05, 0.1) is 11.7 Å². The molecule has 1 aliphatic rings. The lowest BCUT2D eigenvalue weighted by Crippen LogP contribution is -2.55. The van der Waals surface area contributed by atoms with E-state index < -0.39 is 12.0 Å². The summed E-state index contributed by atoms with van der Waals surface area (Å²) in [5.74, 6) is -0.579. The zero-order valence-corrected chi connectivity index (χ0v) is 15.1. The molecule has 2 aromatic heterocycles. The lowest BCUT2D eigenvalue weighted by Gasteiger charge is -2.31. The molecule has 1 unspecified atom stereocenters. The highest BCUT2D eigenvalue weighted by Gasteiger charge is 2.28. The van der Waals surface area contributed by atoms with Crippen LogP contribution in [0, 0.1) is 6.92 Å². The number of carboxylic acid groups (broad SMARTS) is 1. The summed E-state index contributed by atoms with van der Waals surface area (Å²) in [6.45, 7) is 2.76. The van der Waals surface area contributed by atoms with Crippen LogP contribution in [0.3, 0.4) is 0 Å². The molecule has 4 rings (SSSR count). The molecule has 0 bridgehead atoms. The van der Waals surface area contributed by atoms with Gasteiger partial charge in [0.1, 0.15) is 17.6 Å². The van der Waals surface area contributed by atoms with Gasteiger partial charge in [-0.1, -0.05) is 12.1 Å². The van der Waals surface area contributed by atoms with E-state index in [0.29, 0.717) is 46.8 Å². The maximum atomic E-state index is 12.9. The summed E-state index contributed by atoms with van der Waals surface area (Å²) in [5.41, 5.74) is 2.92. The highest BCUT2D eigenvalue weighted by atomic mass is 16.4. The van der Waals surface area contributed by atoms with Crippen LogP contribution in [0.2, 0.25) is 0 Å². The van der Waals surface area contributed by atoms with E-state index in [1.807, 2.05) is 6.07 Å². The van der Waals surface area contributed by atoms with E-state index in [-0.39, 0.29) is 18.2 Å². The number of aliphatic carboxylic acids is 1. The summed E-state index contributed by atoms with van der Waals surface area (Å²) in [6, 6.07) is 6.22. The Labute approximate surface area is 160 Å². The smallest absolute Gasteiger partial charge is 0.322 e. The van der Waals surface area contributed by atoms with Gasteiger partial charge in [0.25, 0.3) is 5.91 Å². The van der Waals surface area contributed by atoms with E-state index in [9.17, 15) is 19.8 Å². The number of amides is 1. The number of carbonyl (C=O) groups is 2. The topological polar surface area (TPSA) is 131 Å². The van der Waals surface area contributed by atoms with Gasteiger partial charge in [0.2, 0.25) is 0 Å². The molecule has 4 N–H and O–H groups in total. The molecule has 144 valence electrons. The first-order valence-electron chi connectivity index (χ1n) is 8.84. The average Bonchev–Trinajstić information content (AvgIpc) is 3.15. The van der Waals surface area contributed by atoms with Crippen molar-refractivity contribution in [1.82, 2.24) is 25.2 Å². The van der Waals surface area contributed by atoms with Crippen LogP contribution in [-0.2, 0) is 4.79 Å². The predicted molar refractivity (Wildman–Crippen MR) is 101 cm³/mol. The second-order valence-corrected chi connectivity index (χ2v) is 6.73. The van der Waals surface area contributed by atoms with Gasteiger partial charge in [0.15, 0.2) is 5.65 Å². The van der Waals surface area contributed by atoms with Crippen molar-refractivity contribution in [1.29, 1.82) is 0 Å². The van der Waals surface area contributed by atoms with E-state index in [0.717, 1.165) is 0 Å². The van der Waals surface area contributed by atoms with Gasteiger partial charge >= 0.3 is 5.97 Å². The third kappa shape index (κ3) is 3.16. The lowest BCUT2D eigenvalue weighted by molar-refractivity contribution is -0.140. The molecule has 1 fully saturated rings. The molecule has 3 aromatic rings. The van der Waals surface area contributed by atoms with Gasteiger partial charge in [0, 0.05) is 36.3 Å². The number of aryl methyl sites for hydroxylation is 1. The van der Waals surface area contributed by atoms with Crippen molar-refractivity contribution in [3.05, 3.63) is 41.6 Å². The van der Waals surface area contributed by atoms with Crippen molar-refractivity contribution in [2.24, 2.45) is 0 Å². The zero-order chi connectivity index (χ0) is 19.8. The lowest BCUT2D eigenvalue weighted by atomic mass is 10.1. The minimum absolute atomic E-state index is 0.0818. The Morgan fingerprint density at radius 2 is 2.14 bits per heavy atom. The summed E-state index contributed by atoms with van der Waals surface area (Å²) in [4.78, 5) is 37.3.